The average molecular weight is 415 g/mol. The first-order valence-corrected chi connectivity index (χ1v) is 8.96. The lowest BCUT2D eigenvalue weighted by Crippen LogP contribution is -2.37. The number of hydrogen-bond acceptors (Lipinski definition) is 8. The van der Waals surface area contributed by atoms with Gasteiger partial charge in [0.05, 0.1) is 18.1 Å². The molecule has 134 valence electrons. The van der Waals surface area contributed by atoms with Gasteiger partial charge in [-0.3, -0.25) is 10.1 Å². The van der Waals surface area contributed by atoms with Gasteiger partial charge < -0.3 is 17.9 Å². The van der Waals surface area contributed by atoms with Gasteiger partial charge in [0.2, 0.25) is 0 Å². The van der Waals surface area contributed by atoms with Crippen LogP contribution in [0.3, 0.4) is 0 Å². The Morgan fingerprint density at radius 1 is 1.24 bits per heavy atom. The molecule has 0 fully saturated rings. The lowest BCUT2D eigenvalue weighted by atomic mass is 10.1. The van der Waals surface area contributed by atoms with E-state index in [0.29, 0.717) is 16.9 Å². The van der Waals surface area contributed by atoms with Crippen LogP contribution in [0.5, 0.6) is 17.4 Å². The van der Waals surface area contributed by atoms with E-state index < -0.39 is 25.8 Å². The molecular weight excluding hydrogens is 400 g/mol. The molecule has 0 aliphatic rings. The molecule has 10 heteroatoms. The van der Waals surface area contributed by atoms with Gasteiger partial charge in [-0.25, -0.2) is 4.98 Å². The number of halogens is 1. The minimum atomic E-state index is -3.45. The summed E-state index contributed by atoms with van der Waals surface area (Å²) in [6, 6.07) is 5.67. The number of nitro benzene ring substituents is 1. The van der Waals surface area contributed by atoms with E-state index in [1.165, 1.54) is 31.5 Å². The Balaban J connectivity index is 2.32. The van der Waals surface area contributed by atoms with Crippen molar-refractivity contribution < 1.29 is 41.4 Å². The van der Waals surface area contributed by atoms with Gasteiger partial charge in [-0.1, -0.05) is 0 Å². The van der Waals surface area contributed by atoms with Gasteiger partial charge in [-0.15, -0.1) is 3.83 Å². The highest BCUT2D eigenvalue weighted by molar-refractivity contribution is 5.49. The number of ether oxygens (including phenoxy) is 2. The van der Waals surface area contributed by atoms with Crippen molar-refractivity contribution in [2.45, 2.75) is 20.0 Å². The van der Waals surface area contributed by atoms with E-state index in [4.69, 9.17) is 13.3 Å². The van der Waals surface area contributed by atoms with Gasteiger partial charge in [0.25, 0.3) is 5.69 Å². The van der Waals surface area contributed by atoms with Crippen LogP contribution in [-0.2, 0) is 0 Å². The van der Waals surface area contributed by atoms with Crippen LogP contribution in [0, 0.1) is 31.9 Å². The van der Waals surface area contributed by atoms with Crippen LogP contribution in [0.1, 0.15) is 24.2 Å². The fourth-order valence-electron chi connectivity index (χ4n) is 2.23. The zero-order chi connectivity index (χ0) is 18.6. The first-order valence-electron chi connectivity index (χ1n) is 7.02. The fraction of sp³-hybridized carbons (Fsp3) is 0.267. The van der Waals surface area contributed by atoms with E-state index in [9.17, 15) is 18.5 Å². The van der Waals surface area contributed by atoms with Crippen LogP contribution in [0.25, 0.3) is 0 Å². The van der Waals surface area contributed by atoms with Gasteiger partial charge in [0, 0.05) is 23.4 Å². The Morgan fingerprint density at radius 3 is 2.56 bits per heavy atom. The molecule has 0 aliphatic carbocycles. The molecule has 0 N–H and O–H groups in total. The number of rotatable bonds is 7. The number of nitro groups is 1. The molecular formula is C15H15BrN2O7. The Bertz CT molecular complexity index is 770. The van der Waals surface area contributed by atoms with Crippen molar-refractivity contribution in [3.63, 3.8) is 0 Å². The first kappa shape index (κ1) is 18.9. The molecule has 0 saturated carbocycles. The highest BCUT2D eigenvalue weighted by Crippen LogP contribution is 2.35. The largest absolute Gasteiger partial charge is 0.503 e. The summed E-state index contributed by atoms with van der Waals surface area (Å²) >= 11 is -3.45. The maximum absolute atomic E-state index is 10.9. The summed E-state index contributed by atoms with van der Waals surface area (Å²) in [6.07, 6.45) is 0.836. The van der Waals surface area contributed by atoms with Crippen LogP contribution in [0.2, 0.25) is 0 Å². The monoisotopic (exact) mass is 414 g/mol. The number of benzene rings is 1. The predicted octanol–water partition coefficient (Wildman–Crippen LogP) is 0.912. The summed E-state index contributed by atoms with van der Waals surface area (Å²) < 4.78 is 37.2. The number of pyridine rings is 1. The zero-order valence-electron chi connectivity index (χ0n) is 13.6. The molecule has 0 amide bonds. The third-order valence-corrected chi connectivity index (χ3v) is 4.01. The minimum Gasteiger partial charge on any atom is -0.493 e. The molecule has 2 rings (SSSR count). The van der Waals surface area contributed by atoms with E-state index in [1.807, 2.05) is 0 Å². The Labute approximate surface area is 148 Å². The van der Waals surface area contributed by atoms with E-state index in [0.717, 1.165) is 0 Å². The van der Waals surface area contributed by atoms with E-state index in [1.54, 1.807) is 19.9 Å². The molecule has 1 aromatic carbocycles. The first-order chi connectivity index (χ1) is 11.8. The van der Waals surface area contributed by atoms with Gasteiger partial charge in [0.15, 0.2) is 11.5 Å². The van der Waals surface area contributed by atoms with Crippen LogP contribution in [0.15, 0.2) is 30.5 Å². The Kier molecular flexibility index (Phi) is 6.12. The normalized spacial score (nSPS) is 11.9. The Hall–Kier alpha value is -2.43. The smallest absolute Gasteiger partial charge is 0.493 e. The van der Waals surface area contributed by atoms with Crippen LogP contribution < -0.4 is 21.7 Å². The van der Waals surface area contributed by atoms with Gasteiger partial charge in [-0.05, 0) is 26.0 Å². The molecule has 25 heavy (non-hydrogen) atoms. The van der Waals surface area contributed by atoms with E-state index in [-0.39, 0.29) is 17.3 Å². The van der Waals surface area contributed by atoms with Crippen molar-refractivity contribution in [3.05, 3.63) is 51.7 Å². The lowest BCUT2D eigenvalue weighted by molar-refractivity contribution is -1.62. The molecule has 2 aromatic rings. The van der Waals surface area contributed by atoms with Crippen molar-refractivity contribution in [3.8, 4) is 17.4 Å². The molecule has 0 spiro atoms. The van der Waals surface area contributed by atoms with Gasteiger partial charge >= 0.3 is 20.7 Å². The standard InChI is InChI=1S/C15H15BrN2O7/c1-9-12(6-7-17-15(9)25-16(19)20)10(2)24-14-8-11(18(21)22)4-5-13(14)23-3/h4-8,10H,1-3H3. The third-order valence-electron chi connectivity index (χ3n) is 3.44. The summed E-state index contributed by atoms with van der Waals surface area (Å²) in [5, 5.41) is 10.9. The summed E-state index contributed by atoms with van der Waals surface area (Å²) in [4.78, 5) is 14.3. The topological polar surface area (TPSA) is 130 Å². The SMILES string of the molecule is COc1ccc([N+](=O)[O-])cc1OC(C)c1ccnc(O[Br+2]([O-])[O-])c1C. The fourth-order valence-corrected chi connectivity index (χ4v) is 2.81. The molecule has 1 heterocycles. The van der Waals surface area contributed by atoms with Crippen molar-refractivity contribution in [1.29, 1.82) is 0 Å². The lowest BCUT2D eigenvalue weighted by Gasteiger charge is -2.18. The summed E-state index contributed by atoms with van der Waals surface area (Å²) in [6.45, 7) is 3.36. The molecule has 1 unspecified atom stereocenters. The zero-order valence-corrected chi connectivity index (χ0v) is 15.2. The molecule has 0 aliphatic heterocycles. The molecule has 0 radical (unpaired) electrons. The van der Waals surface area contributed by atoms with Crippen molar-refractivity contribution in [2.24, 2.45) is 0 Å². The maximum Gasteiger partial charge on any atom is 0.503 e. The molecule has 9 nitrogen and oxygen atoms in total. The quantitative estimate of drug-likeness (QED) is 0.482. The van der Waals surface area contributed by atoms with Crippen molar-refractivity contribution in [1.82, 2.24) is 4.98 Å². The number of aromatic nitrogens is 1. The van der Waals surface area contributed by atoms with Gasteiger partial charge in [0.1, 0.15) is 6.10 Å². The predicted molar refractivity (Wildman–Crippen MR) is 78.3 cm³/mol. The van der Waals surface area contributed by atoms with Crippen LogP contribution in [-0.4, -0.2) is 17.0 Å². The van der Waals surface area contributed by atoms with Crippen molar-refractivity contribution >= 4 is 5.69 Å². The number of nitrogens with zero attached hydrogens (tertiary/aromatic N) is 2. The second-order valence-electron chi connectivity index (χ2n) is 4.95. The summed E-state index contributed by atoms with van der Waals surface area (Å²) in [5.74, 6) is 0.504. The van der Waals surface area contributed by atoms with E-state index in [2.05, 4.69) is 4.98 Å². The van der Waals surface area contributed by atoms with E-state index >= 15 is 0 Å². The number of methoxy groups -OCH3 is 1. The number of non-ortho nitro benzene ring substituents is 1. The van der Waals surface area contributed by atoms with Crippen molar-refractivity contribution in [2.75, 3.05) is 7.11 Å². The minimum absolute atomic E-state index is 0.0287. The summed E-state index contributed by atoms with van der Waals surface area (Å²) in [5.41, 5.74) is 0.986. The highest BCUT2D eigenvalue weighted by atomic mass is 80.0. The average Bonchev–Trinajstić information content (AvgIpc) is 2.56. The number of hydrogen-bond donors (Lipinski definition) is 0. The van der Waals surface area contributed by atoms with Crippen LogP contribution >= 0.6 is 0 Å². The van der Waals surface area contributed by atoms with Crippen LogP contribution in [0.4, 0.5) is 5.69 Å². The Morgan fingerprint density at radius 2 is 1.96 bits per heavy atom. The third kappa shape index (κ3) is 4.56. The molecule has 0 saturated heterocycles. The highest BCUT2D eigenvalue weighted by Gasteiger charge is 2.23. The molecule has 1 aromatic heterocycles. The second-order valence-corrected chi connectivity index (χ2v) is 6.07. The summed E-state index contributed by atoms with van der Waals surface area (Å²) in [7, 11) is 1.43. The second kappa shape index (κ2) is 8.10. The molecule has 1 atom stereocenters. The maximum atomic E-state index is 10.9. The molecule has 0 bridgehead atoms. The van der Waals surface area contributed by atoms with Gasteiger partial charge in [-0.2, -0.15) is 0 Å².